The summed E-state index contributed by atoms with van der Waals surface area (Å²) in [5.41, 5.74) is -3.43. The van der Waals surface area contributed by atoms with Crippen molar-refractivity contribution in [1.29, 1.82) is 10.5 Å². The molecule has 0 unspecified atom stereocenters. The number of carbonyl (C=O) groups excluding carboxylic acids is 2. The Kier molecular flexibility index (Phi) is 7.89. The standard InChI is InChI=1S/C26H21F3N2O5S/c1-35-23(33)18-20(14-4-8-16(9-5-14)26(27,28)29)25(12-30,13-31)21(19(22(18)32)24(34)36-2)15-6-10-17(37-3)11-7-15/h4-11,18,20-21,32H,1-3H3/t18-,20-,21-/m1/s1. The predicted molar refractivity (Wildman–Crippen MR) is 126 cm³/mol. The van der Waals surface area contributed by atoms with Crippen LogP contribution in [0.4, 0.5) is 13.2 Å². The first kappa shape index (κ1) is 27.6. The molecule has 1 aliphatic rings. The number of hydrogen-bond acceptors (Lipinski definition) is 8. The second kappa shape index (κ2) is 10.6. The van der Waals surface area contributed by atoms with Crippen LogP contribution in [0.2, 0.25) is 0 Å². The van der Waals surface area contributed by atoms with E-state index in [0.717, 1.165) is 43.4 Å². The second-order valence-electron chi connectivity index (χ2n) is 8.19. The molecule has 192 valence electrons. The van der Waals surface area contributed by atoms with Crippen molar-refractivity contribution >= 4 is 23.7 Å². The van der Waals surface area contributed by atoms with Gasteiger partial charge in [-0.1, -0.05) is 24.3 Å². The van der Waals surface area contributed by atoms with Crippen LogP contribution in [0.1, 0.15) is 28.5 Å². The molecular formula is C26H21F3N2O5S. The Morgan fingerprint density at radius 3 is 1.95 bits per heavy atom. The first-order chi connectivity index (χ1) is 17.5. The van der Waals surface area contributed by atoms with Crippen molar-refractivity contribution in [2.45, 2.75) is 22.9 Å². The predicted octanol–water partition coefficient (Wildman–Crippen LogP) is 5.12. The lowest BCUT2D eigenvalue weighted by Crippen LogP contribution is -2.47. The number of halogens is 3. The number of carbonyl (C=O) groups is 2. The topological polar surface area (TPSA) is 120 Å². The quantitative estimate of drug-likeness (QED) is 0.418. The van der Waals surface area contributed by atoms with E-state index in [4.69, 9.17) is 9.47 Å². The van der Waals surface area contributed by atoms with Crippen molar-refractivity contribution in [2.24, 2.45) is 11.3 Å². The van der Waals surface area contributed by atoms with E-state index in [9.17, 15) is 38.4 Å². The minimum Gasteiger partial charge on any atom is -0.511 e. The van der Waals surface area contributed by atoms with Gasteiger partial charge < -0.3 is 14.6 Å². The fourth-order valence-electron chi connectivity index (χ4n) is 4.70. The van der Waals surface area contributed by atoms with Crippen LogP contribution in [-0.2, 0) is 25.2 Å². The first-order valence-electron chi connectivity index (χ1n) is 10.7. The van der Waals surface area contributed by atoms with Gasteiger partial charge in [-0.25, -0.2) is 4.79 Å². The van der Waals surface area contributed by atoms with Crippen LogP contribution in [0.3, 0.4) is 0 Å². The van der Waals surface area contributed by atoms with Crippen molar-refractivity contribution in [3.8, 4) is 12.1 Å². The molecule has 0 bridgehead atoms. The summed E-state index contributed by atoms with van der Waals surface area (Å²) in [6.45, 7) is 0. The van der Waals surface area contributed by atoms with E-state index in [2.05, 4.69) is 0 Å². The Morgan fingerprint density at radius 1 is 0.973 bits per heavy atom. The Labute approximate surface area is 215 Å². The number of methoxy groups -OCH3 is 2. The fraction of sp³-hybridized carbons (Fsp3) is 0.308. The van der Waals surface area contributed by atoms with Gasteiger partial charge in [-0.15, -0.1) is 11.8 Å². The van der Waals surface area contributed by atoms with Crippen LogP contribution in [0, 0.1) is 34.0 Å². The number of thioether (sulfide) groups is 1. The van der Waals surface area contributed by atoms with E-state index in [0.29, 0.717) is 0 Å². The molecule has 7 nitrogen and oxygen atoms in total. The van der Waals surface area contributed by atoms with E-state index in [1.165, 1.54) is 11.8 Å². The van der Waals surface area contributed by atoms with Crippen LogP contribution in [0.15, 0.2) is 64.8 Å². The van der Waals surface area contributed by atoms with E-state index in [-0.39, 0.29) is 11.1 Å². The molecule has 0 aromatic heterocycles. The molecule has 0 fully saturated rings. The zero-order valence-electron chi connectivity index (χ0n) is 19.9. The zero-order chi connectivity index (χ0) is 27.5. The van der Waals surface area contributed by atoms with Crippen molar-refractivity contribution in [3.05, 3.63) is 76.6 Å². The highest BCUT2D eigenvalue weighted by Gasteiger charge is 2.61. The number of hydrogen-bond donors (Lipinski definition) is 1. The summed E-state index contributed by atoms with van der Waals surface area (Å²) in [6, 6.07) is 13.9. The summed E-state index contributed by atoms with van der Waals surface area (Å²) in [6.07, 6.45) is -2.83. The molecule has 37 heavy (non-hydrogen) atoms. The number of rotatable bonds is 5. The molecule has 0 spiro atoms. The molecule has 0 aliphatic heterocycles. The smallest absolute Gasteiger partial charge is 0.416 e. The van der Waals surface area contributed by atoms with Gasteiger partial charge in [0.15, 0.2) is 5.41 Å². The summed E-state index contributed by atoms with van der Waals surface area (Å²) in [7, 11) is 2.04. The van der Waals surface area contributed by atoms with Crippen molar-refractivity contribution < 1.29 is 37.3 Å². The maximum Gasteiger partial charge on any atom is 0.416 e. The SMILES string of the molecule is COC(=O)C1=C(O)[C@H](C(=O)OC)[C@@H](c2ccc(C(F)(F)F)cc2)C(C#N)(C#N)[C@@H]1c1ccc(SC)cc1. The number of alkyl halides is 3. The third-order valence-corrected chi connectivity index (χ3v) is 7.16. The molecule has 0 heterocycles. The van der Waals surface area contributed by atoms with Gasteiger partial charge in [-0.3, -0.25) is 4.79 Å². The lowest BCUT2D eigenvalue weighted by Gasteiger charge is -2.44. The number of nitrogens with zero attached hydrogens (tertiary/aromatic N) is 2. The number of nitriles is 2. The van der Waals surface area contributed by atoms with Crippen LogP contribution in [0.25, 0.3) is 0 Å². The number of esters is 2. The van der Waals surface area contributed by atoms with Gasteiger partial charge in [-0.05, 0) is 41.6 Å². The number of benzene rings is 2. The van der Waals surface area contributed by atoms with Crippen LogP contribution in [-0.4, -0.2) is 37.5 Å². The van der Waals surface area contributed by atoms with E-state index < -0.39 is 58.2 Å². The van der Waals surface area contributed by atoms with Gasteiger partial charge in [0.05, 0.1) is 43.4 Å². The maximum atomic E-state index is 13.2. The molecule has 11 heteroatoms. The molecule has 0 radical (unpaired) electrons. The monoisotopic (exact) mass is 530 g/mol. The summed E-state index contributed by atoms with van der Waals surface area (Å²) in [5.74, 6) is -7.63. The lowest BCUT2D eigenvalue weighted by molar-refractivity contribution is -0.147. The van der Waals surface area contributed by atoms with Gasteiger partial charge in [0.2, 0.25) is 0 Å². The highest BCUT2D eigenvalue weighted by Crippen LogP contribution is 2.59. The molecule has 1 N–H and O–H groups in total. The third kappa shape index (κ3) is 4.75. The highest BCUT2D eigenvalue weighted by molar-refractivity contribution is 7.98. The number of aliphatic hydroxyl groups is 1. The molecule has 3 atom stereocenters. The second-order valence-corrected chi connectivity index (χ2v) is 9.07. The van der Waals surface area contributed by atoms with Gasteiger partial charge in [-0.2, -0.15) is 23.7 Å². The fourth-order valence-corrected chi connectivity index (χ4v) is 5.11. The third-order valence-electron chi connectivity index (χ3n) is 6.42. The average molecular weight is 531 g/mol. The number of ether oxygens (including phenoxy) is 2. The van der Waals surface area contributed by atoms with E-state index in [1.54, 1.807) is 24.3 Å². The highest BCUT2D eigenvalue weighted by atomic mass is 32.2. The largest absolute Gasteiger partial charge is 0.511 e. The normalized spacial score (nSPS) is 20.9. The maximum absolute atomic E-state index is 13.2. The summed E-state index contributed by atoms with van der Waals surface area (Å²) >= 11 is 1.42. The molecule has 0 saturated carbocycles. The van der Waals surface area contributed by atoms with Crippen LogP contribution in [0.5, 0.6) is 0 Å². The molecule has 3 rings (SSSR count). The molecule has 2 aromatic rings. The Bertz CT molecular complexity index is 1290. The molecule has 0 amide bonds. The molecule has 1 aliphatic carbocycles. The Hall–Kier alpha value is -3.96. The van der Waals surface area contributed by atoms with Crippen molar-refractivity contribution in [1.82, 2.24) is 0 Å². The molecular weight excluding hydrogens is 509 g/mol. The van der Waals surface area contributed by atoms with Crippen LogP contribution < -0.4 is 0 Å². The Balaban J connectivity index is 2.43. The van der Waals surface area contributed by atoms with Crippen molar-refractivity contribution in [3.63, 3.8) is 0 Å². The summed E-state index contributed by atoms with van der Waals surface area (Å²) in [4.78, 5) is 26.7. The summed E-state index contributed by atoms with van der Waals surface area (Å²) in [5, 5.41) is 32.2. The van der Waals surface area contributed by atoms with Crippen LogP contribution >= 0.6 is 11.8 Å². The minimum absolute atomic E-state index is 0.00676. The zero-order valence-corrected chi connectivity index (χ0v) is 20.7. The van der Waals surface area contributed by atoms with Crippen molar-refractivity contribution in [2.75, 3.05) is 20.5 Å². The van der Waals surface area contributed by atoms with Gasteiger partial charge >= 0.3 is 18.1 Å². The van der Waals surface area contributed by atoms with Gasteiger partial charge in [0, 0.05) is 10.8 Å². The van der Waals surface area contributed by atoms with E-state index >= 15 is 0 Å². The first-order valence-corrected chi connectivity index (χ1v) is 12.0. The van der Waals surface area contributed by atoms with Gasteiger partial charge in [0.25, 0.3) is 0 Å². The van der Waals surface area contributed by atoms with Gasteiger partial charge in [0.1, 0.15) is 11.7 Å². The minimum atomic E-state index is -4.66. The Morgan fingerprint density at radius 2 is 1.51 bits per heavy atom. The average Bonchev–Trinajstić information content (AvgIpc) is 2.91. The number of aliphatic hydroxyl groups excluding tert-OH is 1. The summed E-state index contributed by atoms with van der Waals surface area (Å²) < 4.78 is 49.3. The van der Waals surface area contributed by atoms with E-state index in [1.807, 2.05) is 18.4 Å². The molecule has 0 saturated heterocycles. The lowest BCUT2D eigenvalue weighted by atomic mass is 9.54. The molecule has 2 aromatic carbocycles.